The summed E-state index contributed by atoms with van der Waals surface area (Å²) in [5.41, 5.74) is 1.28. The zero-order chi connectivity index (χ0) is 21.5. The summed E-state index contributed by atoms with van der Waals surface area (Å²) in [6.45, 7) is 3.46. The molecule has 3 aromatic rings. The van der Waals surface area contributed by atoms with Gasteiger partial charge in [-0.3, -0.25) is 19.4 Å². The number of amides is 2. The van der Waals surface area contributed by atoms with E-state index in [0.29, 0.717) is 23.4 Å². The van der Waals surface area contributed by atoms with E-state index in [1.807, 2.05) is 18.2 Å². The van der Waals surface area contributed by atoms with Crippen LogP contribution in [0.2, 0.25) is 0 Å². The van der Waals surface area contributed by atoms with Crippen LogP contribution in [0.15, 0.2) is 64.5 Å². The average molecular weight is 423 g/mol. The van der Waals surface area contributed by atoms with Crippen LogP contribution in [0.5, 0.6) is 0 Å². The first-order chi connectivity index (χ1) is 14.5. The molecule has 9 heteroatoms. The van der Waals surface area contributed by atoms with Gasteiger partial charge in [0, 0.05) is 17.7 Å². The molecule has 30 heavy (non-hydrogen) atoms. The summed E-state index contributed by atoms with van der Waals surface area (Å²) in [7, 11) is 0. The molecule has 154 valence electrons. The van der Waals surface area contributed by atoms with Crippen LogP contribution in [0.4, 0.5) is 11.4 Å². The fraction of sp³-hybridized carbons (Fsp3) is 0.190. The zero-order valence-electron chi connectivity index (χ0n) is 16.5. The Kier molecular flexibility index (Phi) is 6.97. The lowest BCUT2D eigenvalue weighted by molar-refractivity contribution is -0.116. The second kappa shape index (κ2) is 9.84. The lowest BCUT2D eigenvalue weighted by Gasteiger charge is -2.12. The van der Waals surface area contributed by atoms with E-state index >= 15 is 0 Å². The molecule has 0 radical (unpaired) electrons. The van der Waals surface area contributed by atoms with E-state index in [-0.39, 0.29) is 22.7 Å². The quantitative estimate of drug-likeness (QED) is 0.502. The number of aromatic nitrogens is 3. The minimum Gasteiger partial charge on any atom is -0.325 e. The first-order valence-corrected chi connectivity index (χ1v) is 10.2. The fourth-order valence-corrected chi connectivity index (χ4v) is 3.32. The van der Waals surface area contributed by atoms with E-state index in [2.05, 4.69) is 25.8 Å². The Balaban J connectivity index is 1.75. The molecule has 3 N–H and O–H groups in total. The number of benzene rings is 2. The maximum Gasteiger partial charge on any atom is 0.278 e. The molecule has 2 amide bonds. The number of hydrogen-bond donors (Lipinski definition) is 3. The van der Waals surface area contributed by atoms with Gasteiger partial charge in [0.1, 0.15) is 0 Å². The van der Waals surface area contributed by atoms with Gasteiger partial charge in [0.05, 0.1) is 10.9 Å². The Labute approximate surface area is 177 Å². The molecule has 1 atom stereocenters. The topological polar surface area (TPSA) is 117 Å². The van der Waals surface area contributed by atoms with Crippen molar-refractivity contribution in [3.63, 3.8) is 0 Å². The van der Waals surface area contributed by atoms with Crippen molar-refractivity contribution in [2.24, 2.45) is 0 Å². The van der Waals surface area contributed by atoms with Crippen molar-refractivity contribution in [2.45, 2.75) is 30.7 Å². The zero-order valence-corrected chi connectivity index (χ0v) is 17.3. The van der Waals surface area contributed by atoms with E-state index in [1.165, 1.54) is 0 Å². The monoisotopic (exact) mass is 423 g/mol. The van der Waals surface area contributed by atoms with E-state index in [0.717, 1.165) is 11.8 Å². The number of para-hydroxylation sites is 2. The fourth-order valence-electron chi connectivity index (χ4n) is 2.57. The molecule has 0 aliphatic heterocycles. The third-order valence-corrected chi connectivity index (χ3v) is 5.13. The molecular weight excluding hydrogens is 402 g/mol. The van der Waals surface area contributed by atoms with Gasteiger partial charge in [-0.1, -0.05) is 55.1 Å². The molecule has 0 fully saturated rings. The molecule has 0 bridgehead atoms. The van der Waals surface area contributed by atoms with Gasteiger partial charge in [0.2, 0.25) is 11.8 Å². The first-order valence-electron chi connectivity index (χ1n) is 9.36. The molecule has 0 unspecified atom stereocenters. The normalized spacial score (nSPS) is 11.5. The molecule has 8 nitrogen and oxygen atoms in total. The smallest absolute Gasteiger partial charge is 0.278 e. The molecule has 2 aromatic carbocycles. The highest BCUT2D eigenvalue weighted by Gasteiger charge is 2.18. The van der Waals surface area contributed by atoms with Crippen molar-refractivity contribution in [2.75, 3.05) is 10.6 Å². The number of aromatic amines is 1. The van der Waals surface area contributed by atoms with Gasteiger partial charge in [-0.05, 0) is 25.1 Å². The highest BCUT2D eigenvalue weighted by molar-refractivity contribution is 8.00. The van der Waals surface area contributed by atoms with Crippen molar-refractivity contribution < 1.29 is 9.59 Å². The third kappa shape index (κ3) is 5.32. The van der Waals surface area contributed by atoms with Gasteiger partial charge in [-0.15, -0.1) is 10.2 Å². The Hall–Kier alpha value is -3.46. The number of anilines is 2. The molecule has 0 aliphatic rings. The van der Waals surface area contributed by atoms with E-state index < -0.39 is 10.8 Å². The van der Waals surface area contributed by atoms with Gasteiger partial charge in [0.25, 0.3) is 5.56 Å². The lowest BCUT2D eigenvalue weighted by atomic mass is 10.1. The predicted molar refractivity (Wildman–Crippen MR) is 117 cm³/mol. The number of hydrogen-bond acceptors (Lipinski definition) is 6. The second-order valence-electron chi connectivity index (χ2n) is 6.37. The Morgan fingerprint density at radius 3 is 2.43 bits per heavy atom. The van der Waals surface area contributed by atoms with Gasteiger partial charge in [-0.2, -0.15) is 0 Å². The summed E-state index contributed by atoms with van der Waals surface area (Å²) in [5.74, 6) is -0.386. The maximum atomic E-state index is 12.6. The van der Waals surface area contributed by atoms with Crippen molar-refractivity contribution in [1.82, 2.24) is 15.2 Å². The SMILES string of the molecule is CCC(=O)Nc1ccccc1-c1nnc(S[C@@H](C)C(=O)Nc2ccccc2)[nH]c1=O. The molecule has 0 saturated heterocycles. The Bertz CT molecular complexity index is 1100. The number of nitrogens with zero attached hydrogens (tertiary/aromatic N) is 2. The van der Waals surface area contributed by atoms with Crippen LogP contribution in [-0.4, -0.2) is 32.2 Å². The van der Waals surface area contributed by atoms with Crippen LogP contribution in [0.3, 0.4) is 0 Å². The number of nitrogens with one attached hydrogen (secondary N) is 3. The molecule has 0 spiro atoms. The average Bonchev–Trinajstić information content (AvgIpc) is 2.75. The van der Waals surface area contributed by atoms with E-state index in [4.69, 9.17) is 0 Å². The van der Waals surface area contributed by atoms with E-state index in [9.17, 15) is 14.4 Å². The molecule has 0 saturated carbocycles. The number of rotatable bonds is 7. The largest absolute Gasteiger partial charge is 0.325 e. The Morgan fingerprint density at radius 2 is 1.73 bits per heavy atom. The molecule has 0 aliphatic carbocycles. The van der Waals surface area contributed by atoms with Crippen LogP contribution >= 0.6 is 11.8 Å². The summed E-state index contributed by atoms with van der Waals surface area (Å²) in [6.07, 6.45) is 0.314. The summed E-state index contributed by atoms with van der Waals surface area (Å²) >= 11 is 1.10. The predicted octanol–water partition coefficient (Wildman–Crippen LogP) is 3.30. The Morgan fingerprint density at radius 1 is 1.03 bits per heavy atom. The minimum absolute atomic E-state index is 0.0905. The third-order valence-electron chi connectivity index (χ3n) is 4.15. The maximum absolute atomic E-state index is 12.6. The highest BCUT2D eigenvalue weighted by Crippen LogP contribution is 2.25. The van der Waals surface area contributed by atoms with Crippen molar-refractivity contribution in [3.8, 4) is 11.3 Å². The van der Waals surface area contributed by atoms with Crippen LogP contribution < -0.4 is 16.2 Å². The van der Waals surface area contributed by atoms with Crippen LogP contribution in [0, 0.1) is 0 Å². The number of H-pyrrole nitrogens is 1. The first kappa shape index (κ1) is 21.3. The van der Waals surface area contributed by atoms with Gasteiger partial charge < -0.3 is 10.6 Å². The number of carbonyl (C=O) groups is 2. The van der Waals surface area contributed by atoms with Crippen LogP contribution in [0.25, 0.3) is 11.3 Å². The standard InChI is InChI=1S/C21H21N5O3S/c1-3-17(27)23-16-12-8-7-11-15(16)18-20(29)24-21(26-25-18)30-13(2)19(28)22-14-9-5-4-6-10-14/h4-13H,3H2,1-2H3,(H,22,28)(H,23,27)(H,24,26,29)/t13-/m0/s1. The molecule has 3 rings (SSSR count). The van der Waals surface area contributed by atoms with Crippen LogP contribution in [-0.2, 0) is 9.59 Å². The summed E-state index contributed by atoms with van der Waals surface area (Å²) in [5, 5.41) is 13.4. The number of carbonyl (C=O) groups excluding carboxylic acids is 2. The van der Waals surface area contributed by atoms with Crippen molar-refractivity contribution in [1.29, 1.82) is 0 Å². The summed E-state index contributed by atoms with van der Waals surface area (Å²) in [4.78, 5) is 39.4. The molecule has 1 heterocycles. The van der Waals surface area contributed by atoms with Gasteiger partial charge >= 0.3 is 0 Å². The summed E-state index contributed by atoms with van der Waals surface area (Å²) in [6, 6.07) is 16.0. The van der Waals surface area contributed by atoms with Crippen molar-refractivity contribution >= 4 is 35.0 Å². The van der Waals surface area contributed by atoms with Crippen molar-refractivity contribution in [3.05, 3.63) is 65.0 Å². The lowest BCUT2D eigenvalue weighted by Crippen LogP contribution is -2.23. The molecular formula is C21H21N5O3S. The second-order valence-corrected chi connectivity index (χ2v) is 7.70. The number of thioether (sulfide) groups is 1. The highest BCUT2D eigenvalue weighted by atomic mass is 32.2. The van der Waals surface area contributed by atoms with Gasteiger partial charge in [-0.25, -0.2) is 0 Å². The summed E-state index contributed by atoms with van der Waals surface area (Å²) < 4.78 is 0. The van der Waals surface area contributed by atoms with Crippen LogP contribution in [0.1, 0.15) is 20.3 Å². The molecule has 1 aromatic heterocycles. The van der Waals surface area contributed by atoms with Gasteiger partial charge in [0.15, 0.2) is 10.9 Å². The van der Waals surface area contributed by atoms with E-state index in [1.54, 1.807) is 50.2 Å². The minimum atomic E-state index is -0.503.